The first kappa shape index (κ1) is 10.3. The maximum absolute atomic E-state index is 7.51. The third-order valence-corrected chi connectivity index (χ3v) is 1.80. The average Bonchev–Trinajstić information content (AvgIpc) is 3.04. The van der Waals surface area contributed by atoms with Crippen molar-refractivity contribution < 1.29 is 0 Å². The molecule has 0 saturated heterocycles. The molecule has 1 aliphatic carbocycles. The molecule has 0 aromatic heterocycles. The highest BCUT2D eigenvalue weighted by Crippen LogP contribution is 2.29. The van der Waals surface area contributed by atoms with Crippen LogP contribution in [0.2, 0.25) is 0 Å². The van der Waals surface area contributed by atoms with Crippen LogP contribution in [-0.4, -0.2) is 0 Å². The minimum Gasteiger partial charge on any atom is -0.193 e. The fourth-order valence-electron chi connectivity index (χ4n) is 1.00. The van der Waals surface area contributed by atoms with Gasteiger partial charge in [0, 0.05) is 6.08 Å². The zero-order valence-electron chi connectivity index (χ0n) is 8.11. The van der Waals surface area contributed by atoms with Crippen molar-refractivity contribution in [3.63, 3.8) is 0 Å². The largest absolute Gasteiger partial charge is 0.193 e. The van der Waals surface area contributed by atoms with E-state index in [9.17, 15) is 0 Å². The van der Waals surface area contributed by atoms with E-state index in [1.807, 2.05) is 0 Å². The van der Waals surface area contributed by atoms with Gasteiger partial charge in [-0.2, -0.15) is 5.26 Å². The molecule has 0 heterocycles. The Hall–Kier alpha value is -1.81. The smallest absolute Gasteiger partial charge is 0.0905 e. The van der Waals surface area contributed by atoms with Gasteiger partial charge in [0.05, 0.1) is 6.07 Å². The number of benzene rings is 1. The van der Waals surface area contributed by atoms with E-state index in [0.29, 0.717) is 0 Å². The Morgan fingerprint density at radius 2 is 1.79 bits per heavy atom. The van der Waals surface area contributed by atoms with E-state index in [-0.39, 0.29) is 0 Å². The summed E-state index contributed by atoms with van der Waals surface area (Å²) in [7, 11) is 0. The summed E-state index contributed by atoms with van der Waals surface area (Å²) < 4.78 is 0. The lowest BCUT2D eigenvalue weighted by Crippen LogP contribution is -1.66. The molecule has 0 radical (unpaired) electrons. The van der Waals surface area contributed by atoms with Crippen LogP contribution in [0.25, 0.3) is 6.08 Å². The highest BCUT2D eigenvalue weighted by atomic mass is 14.2. The summed E-state index contributed by atoms with van der Waals surface area (Å²) in [4.78, 5) is 0. The van der Waals surface area contributed by atoms with Crippen LogP contribution < -0.4 is 0 Å². The normalized spacial score (nSPS) is 11.8. The molecule has 0 bridgehead atoms. The minimum atomic E-state index is 1.18. The molecule has 1 fully saturated rings. The average molecular weight is 183 g/mol. The lowest BCUT2D eigenvalue weighted by atomic mass is 10.2. The van der Waals surface area contributed by atoms with E-state index < -0.39 is 0 Å². The third kappa shape index (κ3) is 4.27. The molecule has 1 aromatic rings. The predicted molar refractivity (Wildman–Crippen MR) is 59.5 cm³/mol. The zero-order valence-corrected chi connectivity index (χ0v) is 8.11. The quantitative estimate of drug-likeness (QED) is 0.611. The van der Waals surface area contributed by atoms with Gasteiger partial charge in [0.2, 0.25) is 0 Å². The molecule has 0 spiro atoms. The molecule has 1 heteroatoms. The van der Waals surface area contributed by atoms with Crippen LogP contribution in [0.5, 0.6) is 0 Å². The van der Waals surface area contributed by atoms with Crippen molar-refractivity contribution in [1.29, 1.82) is 5.26 Å². The van der Waals surface area contributed by atoms with Crippen molar-refractivity contribution in [2.45, 2.75) is 12.8 Å². The molecule has 0 aliphatic heterocycles. The van der Waals surface area contributed by atoms with Gasteiger partial charge < -0.3 is 0 Å². The minimum absolute atomic E-state index is 1.18. The van der Waals surface area contributed by atoms with Crippen LogP contribution >= 0.6 is 0 Å². The summed E-state index contributed by atoms with van der Waals surface area (Å²) in [6, 6.07) is 12.2. The monoisotopic (exact) mass is 183 g/mol. The summed E-state index contributed by atoms with van der Waals surface area (Å²) in [6.45, 7) is 3.12. The van der Waals surface area contributed by atoms with Crippen molar-refractivity contribution in [2.75, 3.05) is 0 Å². The fraction of sp³-hybridized carbons (Fsp3) is 0.154. The fourth-order valence-corrected chi connectivity index (χ4v) is 1.00. The van der Waals surface area contributed by atoms with E-state index in [2.05, 4.69) is 43.0 Å². The molecule has 70 valence electrons. The first-order chi connectivity index (χ1) is 6.86. The van der Waals surface area contributed by atoms with Crippen LogP contribution in [0.15, 0.2) is 48.6 Å². The number of rotatable bonds is 1. The van der Waals surface area contributed by atoms with Gasteiger partial charge in [-0.3, -0.25) is 0 Å². The number of nitrogens with zero attached hydrogens (tertiary/aromatic N) is 1. The molecule has 0 amide bonds. The van der Waals surface area contributed by atoms with Gasteiger partial charge in [0.15, 0.2) is 0 Å². The lowest BCUT2D eigenvalue weighted by Gasteiger charge is -1.87. The Kier molecular flexibility index (Phi) is 4.23. The molecule has 1 aliphatic rings. The second kappa shape index (κ2) is 5.77. The summed E-state index contributed by atoms with van der Waals surface area (Å²) in [5, 5.41) is 7.51. The lowest BCUT2D eigenvalue weighted by molar-refractivity contribution is 1.50. The Morgan fingerprint density at radius 3 is 2.21 bits per heavy atom. The highest BCUT2D eigenvalue weighted by molar-refractivity contribution is 5.55. The maximum atomic E-state index is 7.51. The van der Waals surface area contributed by atoms with E-state index in [1.165, 1.54) is 24.5 Å². The second-order valence-electron chi connectivity index (χ2n) is 3.05. The molecule has 2 rings (SSSR count). The summed E-state index contributed by atoms with van der Waals surface area (Å²) in [6.07, 6.45) is 6.09. The molecule has 14 heavy (non-hydrogen) atoms. The van der Waals surface area contributed by atoms with Crippen molar-refractivity contribution in [1.82, 2.24) is 0 Å². The van der Waals surface area contributed by atoms with E-state index >= 15 is 0 Å². The van der Waals surface area contributed by atoms with Crippen LogP contribution in [0.3, 0.4) is 0 Å². The van der Waals surface area contributed by atoms with Gasteiger partial charge in [0.25, 0.3) is 0 Å². The number of hydrogen-bond donors (Lipinski definition) is 0. The Labute approximate surface area is 85.0 Å². The van der Waals surface area contributed by atoms with Gasteiger partial charge in [-0.05, 0) is 18.4 Å². The number of hydrogen-bond acceptors (Lipinski definition) is 1. The molecular weight excluding hydrogens is 170 g/mol. The number of allylic oxidation sites excluding steroid dienone is 2. The predicted octanol–water partition coefficient (Wildman–Crippen LogP) is 3.56. The SMILES string of the molecule is C(=C1CC1)c1ccccc1.C=CC#N. The summed E-state index contributed by atoms with van der Waals surface area (Å²) >= 11 is 0. The van der Waals surface area contributed by atoms with Crippen LogP contribution in [0.1, 0.15) is 18.4 Å². The molecular formula is C13H13N. The second-order valence-corrected chi connectivity index (χ2v) is 3.05. The Morgan fingerprint density at radius 1 is 1.21 bits per heavy atom. The third-order valence-electron chi connectivity index (χ3n) is 1.80. The van der Waals surface area contributed by atoms with Gasteiger partial charge >= 0.3 is 0 Å². The molecule has 1 saturated carbocycles. The van der Waals surface area contributed by atoms with E-state index in [4.69, 9.17) is 5.26 Å². The van der Waals surface area contributed by atoms with Crippen molar-refractivity contribution in [2.24, 2.45) is 0 Å². The van der Waals surface area contributed by atoms with Gasteiger partial charge in [-0.1, -0.05) is 48.6 Å². The summed E-state index contributed by atoms with van der Waals surface area (Å²) in [5.74, 6) is 0. The molecule has 1 nitrogen and oxygen atoms in total. The maximum Gasteiger partial charge on any atom is 0.0905 e. The molecule has 1 aromatic carbocycles. The summed E-state index contributed by atoms with van der Waals surface area (Å²) in [5.41, 5.74) is 2.93. The van der Waals surface area contributed by atoms with Gasteiger partial charge in [-0.25, -0.2) is 0 Å². The highest BCUT2D eigenvalue weighted by Gasteiger charge is 2.09. The standard InChI is InChI=1S/C10H10.C3H3N/c1-2-4-9(5-3-1)8-10-6-7-10;1-2-3-4/h1-5,8H,6-7H2;2H,1H2. The van der Waals surface area contributed by atoms with Crippen LogP contribution in [-0.2, 0) is 0 Å². The Bertz CT molecular complexity index is 349. The van der Waals surface area contributed by atoms with E-state index in [0.717, 1.165) is 0 Å². The Balaban J connectivity index is 0.000000213. The van der Waals surface area contributed by atoms with Gasteiger partial charge in [0.1, 0.15) is 0 Å². The van der Waals surface area contributed by atoms with Crippen molar-refractivity contribution in [3.05, 3.63) is 54.1 Å². The van der Waals surface area contributed by atoms with Crippen LogP contribution in [0, 0.1) is 11.3 Å². The van der Waals surface area contributed by atoms with E-state index in [1.54, 1.807) is 11.6 Å². The first-order valence-electron chi connectivity index (χ1n) is 4.62. The molecule has 0 unspecified atom stereocenters. The first-order valence-corrected chi connectivity index (χ1v) is 4.62. The van der Waals surface area contributed by atoms with Crippen LogP contribution in [0.4, 0.5) is 0 Å². The van der Waals surface area contributed by atoms with Crippen molar-refractivity contribution in [3.8, 4) is 6.07 Å². The van der Waals surface area contributed by atoms with Crippen molar-refractivity contribution >= 4 is 6.08 Å². The molecule has 0 atom stereocenters. The number of nitriles is 1. The van der Waals surface area contributed by atoms with Gasteiger partial charge in [-0.15, -0.1) is 0 Å². The topological polar surface area (TPSA) is 23.8 Å². The zero-order chi connectivity index (χ0) is 10.2. The molecule has 0 N–H and O–H groups in total.